The number of aromatic nitrogens is 3. The number of anilines is 1. The first kappa shape index (κ1) is 16.5. The predicted octanol–water partition coefficient (Wildman–Crippen LogP) is 1.97. The Morgan fingerprint density at radius 2 is 1.74 bits per heavy atom. The van der Waals surface area contributed by atoms with Gasteiger partial charge in [-0.3, -0.25) is 4.98 Å². The van der Waals surface area contributed by atoms with Gasteiger partial charge in [-0.25, -0.2) is 14.1 Å². The zero-order valence-electron chi connectivity index (χ0n) is 14.2. The molecule has 0 bridgehead atoms. The van der Waals surface area contributed by atoms with Gasteiger partial charge in [-0.1, -0.05) is 12.1 Å². The van der Waals surface area contributed by atoms with Gasteiger partial charge < -0.3 is 17.4 Å². The summed E-state index contributed by atoms with van der Waals surface area (Å²) in [4.78, 5) is 8.75. The van der Waals surface area contributed by atoms with Crippen molar-refractivity contribution in [2.45, 2.75) is 0 Å². The maximum Gasteiger partial charge on any atom is 0.213 e. The average molecular weight is 361 g/mol. The van der Waals surface area contributed by atoms with Crippen LogP contribution in [0.1, 0.15) is 0 Å². The quantitative estimate of drug-likeness (QED) is 0.372. The summed E-state index contributed by atoms with van der Waals surface area (Å²) < 4.78 is 14.7. The van der Waals surface area contributed by atoms with E-state index in [4.69, 9.17) is 17.4 Å². The predicted molar refractivity (Wildman–Crippen MR) is 103 cm³/mol. The number of nitrogens with two attached hydrogens (primary N) is 3. The monoisotopic (exact) mass is 361 g/mol. The highest BCUT2D eigenvalue weighted by molar-refractivity contribution is 5.87. The molecule has 8 heteroatoms. The molecule has 27 heavy (non-hydrogen) atoms. The maximum atomic E-state index is 13.4. The van der Waals surface area contributed by atoms with E-state index >= 15 is 0 Å². The summed E-state index contributed by atoms with van der Waals surface area (Å²) in [6.45, 7) is 0. The lowest BCUT2D eigenvalue weighted by molar-refractivity contribution is 0.628. The number of nitrogens with zero attached hydrogens (tertiary/aromatic N) is 4. The molecule has 0 atom stereocenters. The van der Waals surface area contributed by atoms with E-state index in [-0.39, 0.29) is 17.1 Å². The van der Waals surface area contributed by atoms with Crippen LogP contribution in [0.15, 0.2) is 65.9 Å². The van der Waals surface area contributed by atoms with Crippen LogP contribution in [0.2, 0.25) is 0 Å². The molecule has 7 nitrogen and oxygen atoms in total. The summed E-state index contributed by atoms with van der Waals surface area (Å²) >= 11 is 0. The fraction of sp³-hybridized carbons (Fsp3) is 0. The molecule has 0 aliphatic rings. The molecule has 0 spiro atoms. The van der Waals surface area contributed by atoms with Crippen molar-refractivity contribution in [2.75, 3.05) is 11.6 Å². The molecule has 0 amide bonds. The normalized spacial score (nSPS) is 11.8. The summed E-state index contributed by atoms with van der Waals surface area (Å²) in [5.41, 5.74) is 9.43. The maximum absolute atomic E-state index is 13.4. The third kappa shape index (κ3) is 2.82. The number of rotatable bonds is 2. The van der Waals surface area contributed by atoms with Gasteiger partial charge in [0.1, 0.15) is 5.82 Å². The van der Waals surface area contributed by atoms with E-state index in [1.807, 2.05) is 30.3 Å². The van der Waals surface area contributed by atoms with Crippen molar-refractivity contribution >= 4 is 16.7 Å². The van der Waals surface area contributed by atoms with Crippen molar-refractivity contribution in [1.29, 1.82) is 0 Å². The Bertz CT molecular complexity index is 1210. The van der Waals surface area contributed by atoms with Crippen LogP contribution in [0, 0.1) is 5.82 Å². The standard InChI is InChI=1S/C19H16FN7/c20-14-6-3-11(4-7-14)16-17(27(23)19(26-22)18(21)25-16)13-5-8-15-12(10-13)2-1-9-24-15/h1-10H,22-23H2,(H2,21,25)/b26-19-. The third-order valence-electron chi connectivity index (χ3n) is 4.27. The molecule has 0 fully saturated rings. The highest BCUT2D eigenvalue weighted by atomic mass is 19.1. The molecule has 4 rings (SSSR count). The summed E-state index contributed by atoms with van der Waals surface area (Å²) in [7, 11) is 0. The zero-order valence-corrected chi connectivity index (χ0v) is 14.2. The highest BCUT2D eigenvalue weighted by Crippen LogP contribution is 2.31. The van der Waals surface area contributed by atoms with Gasteiger partial charge in [0, 0.05) is 22.7 Å². The highest BCUT2D eigenvalue weighted by Gasteiger charge is 2.17. The Morgan fingerprint density at radius 1 is 1.00 bits per heavy atom. The molecule has 134 valence electrons. The number of hydrogen-bond acceptors (Lipinski definition) is 6. The van der Waals surface area contributed by atoms with Crippen LogP contribution in [-0.4, -0.2) is 14.6 Å². The van der Waals surface area contributed by atoms with Gasteiger partial charge in [-0.2, -0.15) is 5.10 Å². The minimum absolute atomic E-state index is 0.0746. The van der Waals surface area contributed by atoms with E-state index in [1.54, 1.807) is 18.3 Å². The molecule has 2 aromatic heterocycles. The minimum atomic E-state index is -0.348. The largest absolute Gasteiger partial charge is 0.380 e. The van der Waals surface area contributed by atoms with E-state index in [9.17, 15) is 4.39 Å². The lowest BCUT2D eigenvalue weighted by Crippen LogP contribution is -2.34. The SMILES string of the molecule is N/N=c1/c(N)nc(-c2ccc(F)cc2)c(-c2ccc3ncccc3c2)n1N. The Kier molecular flexibility index (Phi) is 3.92. The van der Waals surface area contributed by atoms with Crippen molar-refractivity contribution in [2.24, 2.45) is 10.9 Å². The fourth-order valence-electron chi connectivity index (χ4n) is 3.00. The van der Waals surface area contributed by atoms with Gasteiger partial charge >= 0.3 is 0 Å². The van der Waals surface area contributed by atoms with E-state index in [0.717, 1.165) is 16.5 Å². The molecule has 4 aromatic rings. The topological polar surface area (TPSA) is 121 Å². The Morgan fingerprint density at radius 3 is 2.48 bits per heavy atom. The van der Waals surface area contributed by atoms with Gasteiger partial charge in [0.05, 0.1) is 16.9 Å². The second-order valence-electron chi connectivity index (χ2n) is 5.93. The van der Waals surface area contributed by atoms with Crippen LogP contribution in [0.3, 0.4) is 0 Å². The number of pyridine rings is 1. The summed E-state index contributed by atoms with van der Waals surface area (Å²) in [5, 5.41) is 4.58. The first-order valence-corrected chi connectivity index (χ1v) is 8.11. The number of nitrogen functional groups attached to an aromatic ring is 2. The van der Waals surface area contributed by atoms with Crippen LogP contribution >= 0.6 is 0 Å². The first-order valence-electron chi connectivity index (χ1n) is 8.11. The Hall–Kier alpha value is -3.94. The second kappa shape index (κ2) is 6.41. The second-order valence-corrected chi connectivity index (χ2v) is 5.93. The van der Waals surface area contributed by atoms with Crippen molar-refractivity contribution in [3.8, 4) is 22.5 Å². The molecule has 0 unspecified atom stereocenters. The van der Waals surface area contributed by atoms with Crippen molar-refractivity contribution < 1.29 is 4.39 Å². The molecule has 0 aliphatic carbocycles. The van der Waals surface area contributed by atoms with Crippen LogP contribution in [0.5, 0.6) is 0 Å². The lowest BCUT2D eigenvalue weighted by atomic mass is 10.0. The minimum Gasteiger partial charge on any atom is -0.380 e. The fourth-order valence-corrected chi connectivity index (χ4v) is 3.00. The van der Waals surface area contributed by atoms with E-state index in [2.05, 4.69) is 15.1 Å². The van der Waals surface area contributed by atoms with E-state index in [0.29, 0.717) is 17.0 Å². The third-order valence-corrected chi connectivity index (χ3v) is 4.27. The van der Waals surface area contributed by atoms with Crippen molar-refractivity contribution in [3.63, 3.8) is 0 Å². The average Bonchev–Trinajstić information content (AvgIpc) is 2.68. The molecular formula is C19H16FN7. The van der Waals surface area contributed by atoms with Crippen molar-refractivity contribution in [1.82, 2.24) is 14.6 Å². The molecular weight excluding hydrogens is 345 g/mol. The summed E-state index contributed by atoms with van der Waals surface area (Å²) in [5.74, 6) is 11.4. The number of halogens is 1. The molecule has 0 saturated heterocycles. The lowest BCUT2D eigenvalue weighted by Gasteiger charge is -2.16. The Labute approximate surface area is 153 Å². The van der Waals surface area contributed by atoms with Crippen LogP contribution in [-0.2, 0) is 0 Å². The number of benzene rings is 2. The molecule has 0 aliphatic heterocycles. The van der Waals surface area contributed by atoms with Crippen LogP contribution in [0.25, 0.3) is 33.4 Å². The summed E-state index contributed by atoms with van der Waals surface area (Å²) in [6.07, 6.45) is 1.73. The van der Waals surface area contributed by atoms with Gasteiger partial charge in [-0.05, 0) is 42.5 Å². The first-order chi connectivity index (χ1) is 13.1. The number of fused-ring (bicyclic) bond motifs is 1. The molecule has 6 N–H and O–H groups in total. The Balaban J connectivity index is 2.06. The van der Waals surface area contributed by atoms with Crippen molar-refractivity contribution in [3.05, 3.63) is 72.1 Å². The molecule has 2 aromatic carbocycles. The van der Waals surface area contributed by atoms with Gasteiger partial charge in [0.15, 0.2) is 5.82 Å². The van der Waals surface area contributed by atoms with Gasteiger partial charge in [0.25, 0.3) is 0 Å². The van der Waals surface area contributed by atoms with Gasteiger partial charge in [-0.15, -0.1) is 0 Å². The van der Waals surface area contributed by atoms with Gasteiger partial charge in [0.2, 0.25) is 5.49 Å². The molecule has 0 radical (unpaired) electrons. The van der Waals surface area contributed by atoms with E-state index in [1.165, 1.54) is 16.8 Å². The van der Waals surface area contributed by atoms with E-state index < -0.39 is 0 Å². The molecule has 0 saturated carbocycles. The molecule has 2 heterocycles. The number of hydrogen-bond donors (Lipinski definition) is 3. The summed E-state index contributed by atoms with van der Waals surface area (Å²) in [6, 6.07) is 15.4. The van der Waals surface area contributed by atoms with Crippen LogP contribution < -0.4 is 22.9 Å². The van der Waals surface area contributed by atoms with Crippen LogP contribution in [0.4, 0.5) is 10.2 Å². The smallest absolute Gasteiger partial charge is 0.213 e. The zero-order chi connectivity index (χ0) is 19.0.